The highest BCUT2D eigenvalue weighted by molar-refractivity contribution is 6.20. The van der Waals surface area contributed by atoms with Gasteiger partial charge in [-0.2, -0.15) is 0 Å². The van der Waals surface area contributed by atoms with Gasteiger partial charge in [0.1, 0.15) is 22.3 Å². The molecule has 8 aromatic carbocycles. The first kappa shape index (κ1) is 26.0. The average Bonchev–Trinajstić information content (AvgIpc) is 3.69. The number of fused-ring (bicyclic) bond motifs is 9. The van der Waals surface area contributed by atoms with Crippen molar-refractivity contribution in [1.82, 2.24) is 0 Å². The zero-order valence-electron chi connectivity index (χ0n) is 25.4. The lowest BCUT2D eigenvalue weighted by molar-refractivity contribution is 0.669. The van der Waals surface area contributed by atoms with Gasteiger partial charge in [0, 0.05) is 44.4 Å². The van der Waals surface area contributed by atoms with Crippen LogP contribution in [0.1, 0.15) is 0 Å². The summed E-state index contributed by atoms with van der Waals surface area (Å²) in [6.07, 6.45) is 0. The zero-order valence-corrected chi connectivity index (χ0v) is 25.4. The predicted molar refractivity (Wildman–Crippen MR) is 196 cm³/mol. The van der Waals surface area contributed by atoms with Crippen LogP contribution < -0.4 is 4.90 Å². The molecule has 0 bridgehead atoms. The number of hydrogen-bond acceptors (Lipinski definition) is 3. The van der Waals surface area contributed by atoms with Crippen molar-refractivity contribution in [3.63, 3.8) is 0 Å². The van der Waals surface area contributed by atoms with Gasteiger partial charge in [-0.05, 0) is 81.9 Å². The number of para-hydroxylation sites is 2. The van der Waals surface area contributed by atoms with Gasteiger partial charge < -0.3 is 13.7 Å². The summed E-state index contributed by atoms with van der Waals surface area (Å²) >= 11 is 0. The molecule has 0 spiro atoms. The Kier molecular flexibility index (Phi) is 5.57. The first-order valence-corrected chi connectivity index (χ1v) is 15.9. The van der Waals surface area contributed by atoms with Crippen LogP contribution in [0.5, 0.6) is 0 Å². The minimum Gasteiger partial charge on any atom is -0.456 e. The summed E-state index contributed by atoms with van der Waals surface area (Å²) in [6.45, 7) is 0. The average molecular weight is 602 g/mol. The quantitative estimate of drug-likeness (QED) is 0.188. The largest absolute Gasteiger partial charge is 0.456 e. The van der Waals surface area contributed by atoms with Crippen molar-refractivity contribution in [3.8, 4) is 11.1 Å². The highest BCUT2D eigenvalue weighted by Gasteiger charge is 2.20. The Labute approximate surface area is 270 Å². The van der Waals surface area contributed by atoms with Crippen LogP contribution in [0, 0.1) is 0 Å². The van der Waals surface area contributed by atoms with Gasteiger partial charge in [-0.15, -0.1) is 0 Å². The molecule has 47 heavy (non-hydrogen) atoms. The number of anilines is 3. The lowest BCUT2D eigenvalue weighted by Gasteiger charge is -2.27. The van der Waals surface area contributed by atoms with Gasteiger partial charge in [0.05, 0.1) is 5.69 Å². The van der Waals surface area contributed by atoms with Gasteiger partial charge in [0.2, 0.25) is 0 Å². The Balaban J connectivity index is 1.24. The van der Waals surface area contributed by atoms with E-state index in [0.29, 0.717) is 0 Å². The van der Waals surface area contributed by atoms with Crippen molar-refractivity contribution in [2.24, 2.45) is 0 Å². The predicted octanol–water partition coefficient (Wildman–Crippen LogP) is 12.9. The molecule has 0 aliphatic heterocycles. The first-order valence-electron chi connectivity index (χ1n) is 15.9. The Morgan fingerprint density at radius 3 is 1.74 bits per heavy atom. The first-order chi connectivity index (χ1) is 23.3. The van der Waals surface area contributed by atoms with Crippen LogP contribution in [-0.2, 0) is 0 Å². The van der Waals surface area contributed by atoms with E-state index in [1.807, 2.05) is 24.3 Å². The summed E-state index contributed by atoms with van der Waals surface area (Å²) < 4.78 is 12.8. The molecular weight excluding hydrogens is 574 g/mol. The highest BCUT2D eigenvalue weighted by atomic mass is 16.3. The number of hydrogen-bond donors (Lipinski definition) is 0. The third-order valence-electron chi connectivity index (χ3n) is 9.43. The van der Waals surface area contributed by atoms with Gasteiger partial charge in [0.25, 0.3) is 0 Å². The molecule has 3 nitrogen and oxygen atoms in total. The van der Waals surface area contributed by atoms with Gasteiger partial charge in [-0.1, -0.05) is 103 Å². The van der Waals surface area contributed by atoms with Crippen molar-refractivity contribution in [1.29, 1.82) is 0 Å². The molecule has 2 aromatic heterocycles. The molecule has 0 radical (unpaired) electrons. The van der Waals surface area contributed by atoms with E-state index in [0.717, 1.165) is 66.3 Å². The Morgan fingerprint density at radius 2 is 0.957 bits per heavy atom. The molecule has 0 saturated carbocycles. The molecule has 0 saturated heterocycles. The second kappa shape index (κ2) is 10.1. The van der Waals surface area contributed by atoms with Gasteiger partial charge in [0.15, 0.2) is 0 Å². The molecule has 0 aliphatic carbocycles. The van der Waals surface area contributed by atoms with E-state index in [9.17, 15) is 0 Å². The van der Waals surface area contributed by atoms with Crippen LogP contribution in [0.2, 0.25) is 0 Å². The van der Waals surface area contributed by atoms with E-state index < -0.39 is 0 Å². The normalized spacial score (nSPS) is 11.8. The molecule has 0 atom stereocenters. The van der Waals surface area contributed by atoms with Crippen LogP contribution in [0.3, 0.4) is 0 Å². The van der Waals surface area contributed by atoms with Crippen LogP contribution in [-0.4, -0.2) is 0 Å². The van der Waals surface area contributed by atoms with Crippen LogP contribution in [0.15, 0.2) is 173 Å². The maximum Gasteiger partial charge on any atom is 0.137 e. The zero-order chi connectivity index (χ0) is 30.9. The standard InChI is InChI=1S/C44H27NO2/c1-2-9-28(10-3-1)29-19-21-32(22-20-29)45(33-23-24-36-34-12-4-6-15-40(34)46-42(36)26-33)39-14-8-11-30-17-18-31-25-38-35-13-5-7-16-41(35)47-43(38)27-37(31)44(30)39/h1-27H. The molecule has 10 aromatic rings. The van der Waals surface area contributed by atoms with Crippen LogP contribution in [0.4, 0.5) is 17.1 Å². The lowest BCUT2D eigenvalue weighted by Crippen LogP contribution is -2.10. The summed E-state index contributed by atoms with van der Waals surface area (Å²) in [5, 5.41) is 9.17. The maximum atomic E-state index is 6.39. The Hall–Kier alpha value is -6.32. The van der Waals surface area contributed by atoms with Crippen molar-refractivity contribution >= 4 is 82.5 Å². The number of furan rings is 2. The fourth-order valence-corrected chi connectivity index (χ4v) is 7.21. The third kappa shape index (κ3) is 4.07. The molecule has 0 aliphatic rings. The smallest absolute Gasteiger partial charge is 0.137 e. The topological polar surface area (TPSA) is 29.5 Å². The van der Waals surface area contributed by atoms with E-state index in [1.54, 1.807) is 0 Å². The summed E-state index contributed by atoms with van der Waals surface area (Å²) in [4.78, 5) is 2.35. The molecular formula is C44H27NO2. The summed E-state index contributed by atoms with van der Waals surface area (Å²) in [7, 11) is 0. The molecule has 0 fully saturated rings. The van der Waals surface area contributed by atoms with Crippen molar-refractivity contribution in [2.45, 2.75) is 0 Å². The van der Waals surface area contributed by atoms with E-state index in [4.69, 9.17) is 8.83 Å². The van der Waals surface area contributed by atoms with Crippen LogP contribution >= 0.6 is 0 Å². The van der Waals surface area contributed by atoms with Gasteiger partial charge >= 0.3 is 0 Å². The number of benzene rings is 8. The second-order valence-electron chi connectivity index (χ2n) is 12.1. The number of rotatable bonds is 4. The number of nitrogens with zero attached hydrogens (tertiary/aromatic N) is 1. The molecule has 10 rings (SSSR count). The monoisotopic (exact) mass is 601 g/mol. The Bertz CT molecular complexity index is 2790. The van der Waals surface area contributed by atoms with E-state index in [-0.39, 0.29) is 0 Å². The van der Waals surface area contributed by atoms with E-state index in [2.05, 4.69) is 144 Å². The van der Waals surface area contributed by atoms with Crippen molar-refractivity contribution in [3.05, 3.63) is 164 Å². The van der Waals surface area contributed by atoms with Crippen molar-refractivity contribution in [2.75, 3.05) is 4.90 Å². The van der Waals surface area contributed by atoms with E-state index in [1.165, 1.54) is 27.3 Å². The SMILES string of the molecule is c1ccc(-c2ccc(N(c3ccc4c(c3)oc3ccccc34)c3cccc4ccc5cc6c(cc5c34)oc3ccccc36)cc2)cc1. The molecule has 0 amide bonds. The third-order valence-corrected chi connectivity index (χ3v) is 9.43. The molecule has 3 heteroatoms. The highest BCUT2D eigenvalue weighted by Crippen LogP contribution is 2.44. The molecule has 220 valence electrons. The van der Waals surface area contributed by atoms with E-state index >= 15 is 0 Å². The lowest BCUT2D eigenvalue weighted by atomic mass is 9.97. The minimum absolute atomic E-state index is 0.865. The van der Waals surface area contributed by atoms with Gasteiger partial charge in [-0.3, -0.25) is 0 Å². The van der Waals surface area contributed by atoms with Crippen LogP contribution in [0.25, 0.3) is 76.5 Å². The fraction of sp³-hybridized carbons (Fsp3) is 0. The Morgan fingerprint density at radius 1 is 0.340 bits per heavy atom. The summed E-state index contributed by atoms with van der Waals surface area (Å²) in [5.41, 5.74) is 9.11. The van der Waals surface area contributed by atoms with Gasteiger partial charge in [-0.25, -0.2) is 0 Å². The fourth-order valence-electron chi connectivity index (χ4n) is 7.21. The second-order valence-corrected chi connectivity index (χ2v) is 12.1. The summed E-state index contributed by atoms with van der Waals surface area (Å²) in [6, 6.07) is 57.9. The maximum absolute atomic E-state index is 6.39. The molecule has 0 N–H and O–H groups in total. The van der Waals surface area contributed by atoms with Crippen molar-refractivity contribution < 1.29 is 8.83 Å². The molecule has 2 heterocycles. The summed E-state index contributed by atoms with van der Waals surface area (Å²) in [5.74, 6) is 0. The minimum atomic E-state index is 0.865. The molecule has 0 unspecified atom stereocenters.